The maximum atomic E-state index is 11.9. The first-order valence-electron chi connectivity index (χ1n) is 8.52. The molecule has 0 aliphatic heterocycles. The minimum Gasteiger partial charge on any atom is -0.497 e. The molecule has 2 heterocycles. The Bertz CT molecular complexity index is 825. The number of methoxy groups -OCH3 is 1. The molecule has 0 bridgehead atoms. The second kappa shape index (κ2) is 8.85. The Morgan fingerprint density at radius 2 is 1.77 bits per heavy atom. The number of furan rings is 1. The van der Waals surface area contributed by atoms with Crippen molar-refractivity contribution in [3.8, 4) is 17.1 Å². The first-order valence-corrected chi connectivity index (χ1v) is 8.52. The summed E-state index contributed by atoms with van der Waals surface area (Å²) in [5, 5.41) is 0. The zero-order valence-electron chi connectivity index (χ0n) is 14.7. The summed E-state index contributed by atoms with van der Waals surface area (Å²) >= 11 is 0. The van der Waals surface area contributed by atoms with Crippen molar-refractivity contribution in [2.45, 2.75) is 19.3 Å². The second-order valence-electron chi connectivity index (χ2n) is 5.82. The van der Waals surface area contributed by atoms with Gasteiger partial charge in [0, 0.05) is 30.8 Å². The maximum Gasteiger partial charge on any atom is 0.306 e. The third kappa shape index (κ3) is 4.96. The lowest BCUT2D eigenvalue weighted by molar-refractivity contribution is -0.143. The minimum absolute atomic E-state index is 0.221. The monoisotopic (exact) mass is 351 g/mol. The highest BCUT2D eigenvalue weighted by atomic mass is 16.5. The van der Waals surface area contributed by atoms with Crippen LogP contribution in [0, 0.1) is 0 Å². The van der Waals surface area contributed by atoms with Gasteiger partial charge in [0.2, 0.25) is 0 Å². The highest BCUT2D eigenvalue weighted by molar-refractivity contribution is 5.69. The molecule has 1 aromatic carbocycles. The fourth-order valence-electron chi connectivity index (χ4n) is 2.55. The van der Waals surface area contributed by atoms with Crippen LogP contribution < -0.4 is 4.74 Å². The Kier molecular flexibility index (Phi) is 6.04. The van der Waals surface area contributed by atoms with Crippen molar-refractivity contribution in [2.75, 3.05) is 13.7 Å². The molecule has 26 heavy (non-hydrogen) atoms. The van der Waals surface area contributed by atoms with Crippen molar-refractivity contribution in [1.82, 2.24) is 4.98 Å². The van der Waals surface area contributed by atoms with Gasteiger partial charge in [0.25, 0.3) is 0 Å². The van der Waals surface area contributed by atoms with Gasteiger partial charge in [0.15, 0.2) is 0 Å². The summed E-state index contributed by atoms with van der Waals surface area (Å²) in [7, 11) is 1.64. The summed E-state index contributed by atoms with van der Waals surface area (Å²) in [4.78, 5) is 15.8. The minimum atomic E-state index is -0.221. The third-order valence-corrected chi connectivity index (χ3v) is 4.01. The van der Waals surface area contributed by atoms with Crippen LogP contribution in [0.3, 0.4) is 0 Å². The number of ether oxygens (including phenoxy) is 2. The van der Waals surface area contributed by atoms with Gasteiger partial charge >= 0.3 is 5.97 Å². The van der Waals surface area contributed by atoms with Crippen LogP contribution in [0.1, 0.15) is 17.7 Å². The molecule has 0 saturated heterocycles. The van der Waals surface area contributed by atoms with Gasteiger partial charge < -0.3 is 13.9 Å². The van der Waals surface area contributed by atoms with Crippen molar-refractivity contribution < 1.29 is 18.7 Å². The molecule has 0 radical (unpaired) electrons. The molecule has 0 saturated carbocycles. The number of benzene rings is 1. The predicted molar refractivity (Wildman–Crippen MR) is 97.9 cm³/mol. The Balaban J connectivity index is 1.44. The maximum absolute atomic E-state index is 11.9. The molecular weight excluding hydrogens is 330 g/mol. The smallest absolute Gasteiger partial charge is 0.306 e. The van der Waals surface area contributed by atoms with Crippen LogP contribution in [0.25, 0.3) is 11.3 Å². The van der Waals surface area contributed by atoms with E-state index in [4.69, 9.17) is 13.9 Å². The summed E-state index contributed by atoms with van der Waals surface area (Å²) in [6.45, 7) is 0.373. The van der Waals surface area contributed by atoms with Crippen LogP contribution in [-0.4, -0.2) is 24.7 Å². The number of hydrogen-bond acceptors (Lipinski definition) is 5. The van der Waals surface area contributed by atoms with E-state index in [9.17, 15) is 4.79 Å². The summed E-state index contributed by atoms with van der Waals surface area (Å²) in [5.41, 5.74) is 2.07. The largest absolute Gasteiger partial charge is 0.497 e. The van der Waals surface area contributed by atoms with Crippen LogP contribution >= 0.6 is 0 Å². The van der Waals surface area contributed by atoms with E-state index in [1.807, 2.05) is 48.5 Å². The molecule has 0 spiro atoms. The molecule has 134 valence electrons. The van der Waals surface area contributed by atoms with E-state index in [2.05, 4.69) is 4.98 Å². The van der Waals surface area contributed by atoms with Gasteiger partial charge in [-0.15, -0.1) is 0 Å². The molecule has 0 amide bonds. The quantitative estimate of drug-likeness (QED) is 0.573. The third-order valence-electron chi connectivity index (χ3n) is 4.01. The number of hydrogen-bond donors (Lipinski definition) is 0. The molecule has 5 heteroatoms. The van der Waals surface area contributed by atoms with E-state index in [0.29, 0.717) is 25.9 Å². The molecule has 0 aliphatic carbocycles. The highest BCUT2D eigenvalue weighted by Crippen LogP contribution is 2.25. The first-order chi connectivity index (χ1) is 12.7. The fourth-order valence-corrected chi connectivity index (χ4v) is 2.55. The van der Waals surface area contributed by atoms with Crippen molar-refractivity contribution in [3.63, 3.8) is 0 Å². The molecule has 5 nitrogen and oxygen atoms in total. The molecule has 2 aromatic heterocycles. The average molecular weight is 351 g/mol. The van der Waals surface area contributed by atoms with Gasteiger partial charge in [-0.2, -0.15) is 0 Å². The van der Waals surface area contributed by atoms with Crippen LogP contribution in [0.15, 0.2) is 65.3 Å². The Morgan fingerprint density at radius 3 is 2.50 bits per heavy atom. The summed E-state index contributed by atoms with van der Waals surface area (Å²) in [6.07, 6.45) is 4.97. The number of aryl methyl sites for hydroxylation is 1. The average Bonchev–Trinajstić information content (AvgIpc) is 3.16. The molecule has 3 aromatic rings. The van der Waals surface area contributed by atoms with Crippen molar-refractivity contribution >= 4 is 5.97 Å². The van der Waals surface area contributed by atoms with Gasteiger partial charge in [-0.3, -0.25) is 9.78 Å². The van der Waals surface area contributed by atoms with Crippen LogP contribution in [0.2, 0.25) is 0 Å². The Hall–Kier alpha value is -3.08. The van der Waals surface area contributed by atoms with Crippen LogP contribution in [0.4, 0.5) is 0 Å². The van der Waals surface area contributed by atoms with E-state index in [0.717, 1.165) is 28.4 Å². The second-order valence-corrected chi connectivity index (χ2v) is 5.82. The van der Waals surface area contributed by atoms with Gasteiger partial charge in [-0.25, -0.2) is 0 Å². The zero-order chi connectivity index (χ0) is 18.2. The Labute approximate surface area is 152 Å². The molecule has 0 N–H and O–H groups in total. The molecule has 0 fully saturated rings. The number of aromatic nitrogens is 1. The van der Waals surface area contributed by atoms with E-state index in [-0.39, 0.29) is 5.97 Å². The lowest BCUT2D eigenvalue weighted by atomic mass is 10.2. The number of pyridine rings is 1. The summed E-state index contributed by atoms with van der Waals surface area (Å²) < 4.78 is 16.2. The van der Waals surface area contributed by atoms with E-state index in [1.54, 1.807) is 19.5 Å². The van der Waals surface area contributed by atoms with E-state index < -0.39 is 0 Å². The predicted octanol–water partition coefficient (Wildman–Crippen LogP) is 4.07. The van der Waals surface area contributed by atoms with Gasteiger partial charge in [-0.1, -0.05) is 0 Å². The number of nitrogens with zero attached hydrogens (tertiary/aromatic N) is 1. The zero-order valence-corrected chi connectivity index (χ0v) is 14.7. The molecule has 0 atom stereocenters. The molecule has 0 unspecified atom stereocenters. The molecular formula is C21H21NO4. The van der Waals surface area contributed by atoms with Crippen LogP contribution in [-0.2, 0) is 22.4 Å². The van der Waals surface area contributed by atoms with Crippen LogP contribution in [0.5, 0.6) is 5.75 Å². The normalized spacial score (nSPS) is 10.5. The van der Waals surface area contributed by atoms with Gasteiger partial charge in [0.1, 0.15) is 17.3 Å². The highest BCUT2D eigenvalue weighted by Gasteiger charge is 2.09. The van der Waals surface area contributed by atoms with Crippen molar-refractivity contribution in [1.29, 1.82) is 0 Å². The fraction of sp³-hybridized carbons (Fsp3) is 0.238. The number of rotatable bonds is 8. The Morgan fingerprint density at radius 1 is 1.00 bits per heavy atom. The number of esters is 1. The van der Waals surface area contributed by atoms with E-state index >= 15 is 0 Å². The summed E-state index contributed by atoms with van der Waals surface area (Å²) in [6, 6.07) is 15.3. The molecule has 0 aliphatic rings. The van der Waals surface area contributed by atoms with Gasteiger partial charge in [-0.05, 0) is 54.1 Å². The first kappa shape index (κ1) is 17.7. The van der Waals surface area contributed by atoms with Crippen molar-refractivity contribution in [3.05, 3.63) is 72.2 Å². The lowest BCUT2D eigenvalue weighted by Crippen LogP contribution is -2.08. The van der Waals surface area contributed by atoms with Gasteiger partial charge in [0.05, 0.1) is 20.1 Å². The van der Waals surface area contributed by atoms with E-state index in [1.165, 1.54) is 0 Å². The number of carbonyl (C=O) groups excluding carboxylic acids is 1. The topological polar surface area (TPSA) is 61.6 Å². The standard InChI is InChI=1S/C21H21NO4/c1-24-18-4-2-17(3-5-18)20-8-6-19(26-20)7-9-21(23)25-15-12-16-10-13-22-14-11-16/h2-6,8,10-11,13-14H,7,9,12,15H2,1H3. The summed E-state index contributed by atoms with van der Waals surface area (Å²) in [5.74, 6) is 2.12. The molecule has 3 rings (SSSR count). The SMILES string of the molecule is COc1ccc(-c2ccc(CCC(=O)OCCc3ccncc3)o2)cc1. The van der Waals surface area contributed by atoms with Crippen molar-refractivity contribution in [2.24, 2.45) is 0 Å². The number of carbonyl (C=O) groups is 1. The lowest BCUT2D eigenvalue weighted by Gasteiger charge is -2.04.